The Morgan fingerprint density at radius 2 is 1.96 bits per heavy atom. The van der Waals surface area contributed by atoms with Gasteiger partial charge in [0.1, 0.15) is 6.04 Å². The van der Waals surface area contributed by atoms with E-state index in [0.29, 0.717) is 6.42 Å². The minimum absolute atomic E-state index is 0. The average Bonchev–Trinajstić information content (AvgIpc) is 2.95. The van der Waals surface area contributed by atoms with Crippen LogP contribution in [0.3, 0.4) is 0 Å². The second-order valence-electron chi connectivity index (χ2n) is 5.38. The van der Waals surface area contributed by atoms with E-state index in [2.05, 4.69) is 15.6 Å². The summed E-state index contributed by atoms with van der Waals surface area (Å²) in [6.07, 6.45) is 2.30. The predicted molar refractivity (Wildman–Crippen MR) is 93.5 cm³/mol. The molecule has 0 aliphatic rings. The Balaban J connectivity index is 0.00000264. The number of aromatic amines is 1. The van der Waals surface area contributed by atoms with Crippen molar-refractivity contribution in [1.29, 1.82) is 0 Å². The Bertz CT molecular complexity index is 671. The summed E-state index contributed by atoms with van der Waals surface area (Å²) >= 11 is 0. The molecule has 0 saturated heterocycles. The molecule has 1 heterocycles. The molecule has 1 aromatic heterocycles. The molecular formula is C16H23ClN4O2. The van der Waals surface area contributed by atoms with Gasteiger partial charge in [0.05, 0.1) is 0 Å². The molecule has 2 rings (SSSR count). The van der Waals surface area contributed by atoms with Gasteiger partial charge in [0.2, 0.25) is 11.8 Å². The zero-order valence-electron chi connectivity index (χ0n) is 13.3. The van der Waals surface area contributed by atoms with E-state index >= 15 is 0 Å². The van der Waals surface area contributed by atoms with Gasteiger partial charge in [-0.15, -0.1) is 12.4 Å². The Hall–Kier alpha value is -2.05. The van der Waals surface area contributed by atoms with Crippen LogP contribution in [0.15, 0.2) is 30.5 Å². The number of halogens is 1. The highest BCUT2D eigenvalue weighted by Gasteiger charge is 2.23. The van der Waals surface area contributed by atoms with Crippen molar-refractivity contribution in [2.45, 2.75) is 19.4 Å². The number of nitrogens with two attached hydrogens (primary N) is 1. The summed E-state index contributed by atoms with van der Waals surface area (Å²) in [5, 5.41) is 6.42. The third-order valence-electron chi connectivity index (χ3n) is 3.78. The molecule has 23 heavy (non-hydrogen) atoms. The smallest absolute Gasteiger partial charge is 0.242 e. The molecule has 2 atom stereocenters. The second kappa shape index (κ2) is 8.55. The number of H-pyrrole nitrogens is 1. The molecule has 5 N–H and O–H groups in total. The van der Waals surface area contributed by atoms with Crippen LogP contribution in [0, 0.1) is 5.92 Å². The van der Waals surface area contributed by atoms with Crippen molar-refractivity contribution in [1.82, 2.24) is 15.6 Å². The van der Waals surface area contributed by atoms with Gasteiger partial charge in [-0.1, -0.05) is 25.1 Å². The highest BCUT2D eigenvalue weighted by atomic mass is 35.5. The minimum Gasteiger partial charge on any atom is -0.361 e. The monoisotopic (exact) mass is 338 g/mol. The predicted octanol–water partition coefficient (Wildman–Crippen LogP) is 0.958. The highest BCUT2D eigenvalue weighted by molar-refractivity contribution is 5.90. The average molecular weight is 339 g/mol. The summed E-state index contributed by atoms with van der Waals surface area (Å²) in [6, 6.07) is 7.24. The third-order valence-corrected chi connectivity index (χ3v) is 3.78. The van der Waals surface area contributed by atoms with Gasteiger partial charge in [0, 0.05) is 43.0 Å². The molecule has 0 aliphatic carbocycles. The van der Waals surface area contributed by atoms with E-state index in [4.69, 9.17) is 5.73 Å². The van der Waals surface area contributed by atoms with Gasteiger partial charge < -0.3 is 21.4 Å². The number of nitrogens with one attached hydrogen (secondary N) is 3. The number of amides is 2. The summed E-state index contributed by atoms with van der Waals surface area (Å²) in [4.78, 5) is 27.2. The van der Waals surface area contributed by atoms with E-state index in [9.17, 15) is 9.59 Å². The zero-order valence-corrected chi connectivity index (χ0v) is 14.1. The summed E-state index contributed by atoms with van der Waals surface area (Å²) in [6.45, 7) is 1.99. The summed E-state index contributed by atoms with van der Waals surface area (Å²) in [7, 11) is 1.56. The van der Waals surface area contributed by atoms with Crippen LogP contribution in [0.2, 0.25) is 0 Å². The first kappa shape index (κ1) is 19.0. The molecule has 2 aromatic rings. The Labute approximate surface area is 141 Å². The quantitative estimate of drug-likeness (QED) is 0.631. The SMILES string of the molecule is CNC(=O)[C@H](Cc1c[nH]c2ccccc12)NC(=O)C(C)CN.Cl. The lowest BCUT2D eigenvalue weighted by molar-refractivity contribution is -0.130. The van der Waals surface area contributed by atoms with Crippen LogP contribution in [0.5, 0.6) is 0 Å². The van der Waals surface area contributed by atoms with Gasteiger partial charge in [-0.05, 0) is 11.6 Å². The molecule has 0 aliphatic heterocycles. The first-order valence-corrected chi connectivity index (χ1v) is 7.33. The zero-order chi connectivity index (χ0) is 16.1. The number of hydrogen-bond acceptors (Lipinski definition) is 3. The maximum absolute atomic E-state index is 12.1. The first-order chi connectivity index (χ1) is 10.6. The van der Waals surface area contributed by atoms with Gasteiger partial charge in [-0.25, -0.2) is 0 Å². The van der Waals surface area contributed by atoms with Gasteiger partial charge in [0.15, 0.2) is 0 Å². The fourth-order valence-electron chi connectivity index (χ4n) is 2.32. The van der Waals surface area contributed by atoms with Crippen molar-refractivity contribution in [3.8, 4) is 0 Å². The molecule has 1 unspecified atom stereocenters. The molecule has 0 spiro atoms. The number of aromatic nitrogens is 1. The van der Waals surface area contributed by atoms with Crippen molar-refractivity contribution in [2.24, 2.45) is 11.7 Å². The van der Waals surface area contributed by atoms with E-state index in [0.717, 1.165) is 16.5 Å². The number of carbonyl (C=O) groups is 2. The van der Waals surface area contributed by atoms with Gasteiger partial charge in [0.25, 0.3) is 0 Å². The molecule has 0 radical (unpaired) electrons. The van der Waals surface area contributed by atoms with Crippen LogP contribution in [-0.2, 0) is 16.0 Å². The largest absolute Gasteiger partial charge is 0.361 e. The van der Waals surface area contributed by atoms with Gasteiger partial charge in [-0.3, -0.25) is 9.59 Å². The summed E-state index contributed by atoms with van der Waals surface area (Å²) in [5.74, 6) is -0.756. The lowest BCUT2D eigenvalue weighted by atomic mass is 10.0. The molecule has 0 bridgehead atoms. The topological polar surface area (TPSA) is 100 Å². The third kappa shape index (κ3) is 4.46. The normalized spacial score (nSPS) is 13.0. The number of para-hydroxylation sites is 1. The molecule has 7 heteroatoms. The van der Waals surface area contributed by atoms with Crippen LogP contribution in [0.25, 0.3) is 10.9 Å². The molecule has 126 valence electrons. The highest BCUT2D eigenvalue weighted by Crippen LogP contribution is 2.19. The van der Waals surface area contributed by atoms with Crippen LogP contribution in [0.1, 0.15) is 12.5 Å². The Morgan fingerprint density at radius 3 is 2.61 bits per heavy atom. The molecule has 2 amide bonds. The van der Waals surface area contributed by atoms with Crippen LogP contribution in [-0.4, -0.2) is 36.4 Å². The number of benzene rings is 1. The Morgan fingerprint density at radius 1 is 1.26 bits per heavy atom. The molecule has 1 aromatic carbocycles. The standard InChI is InChI=1S/C16H22N4O2.ClH/c1-10(8-17)15(21)20-14(16(22)18-2)7-11-9-19-13-6-4-3-5-12(11)13;/h3-6,9-10,14,19H,7-8,17H2,1-2H3,(H,18,22)(H,20,21);1H/t10?,14-;/m0./s1. The lowest BCUT2D eigenvalue weighted by Crippen LogP contribution is -2.49. The van der Waals surface area contributed by atoms with E-state index in [1.54, 1.807) is 14.0 Å². The van der Waals surface area contributed by atoms with Crippen molar-refractivity contribution in [3.63, 3.8) is 0 Å². The van der Waals surface area contributed by atoms with Crippen molar-refractivity contribution in [3.05, 3.63) is 36.0 Å². The first-order valence-electron chi connectivity index (χ1n) is 7.33. The van der Waals surface area contributed by atoms with Crippen molar-refractivity contribution >= 4 is 35.1 Å². The second-order valence-corrected chi connectivity index (χ2v) is 5.38. The lowest BCUT2D eigenvalue weighted by Gasteiger charge is -2.19. The molecule has 0 saturated carbocycles. The van der Waals surface area contributed by atoms with Gasteiger partial charge in [-0.2, -0.15) is 0 Å². The fourth-order valence-corrected chi connectivity index (χ4v) is 2.32. The number of fused-ring (bicyclic) bond motifs is 1. The molecule has 6 nitrogen and oxygen atoms in total. The fraction of sp³-hybridized carbons (Fsp3) is 0.375. The number of hydrogen-bond donors (Lipinski definition) is 4. The van der Waals surface area contributed by atoms with Crippen LogP contribution >= 0.6 is 12.4 Å². The maximum atomic E-state index is 12.1. The minimum atomic E-state index is -0.620. The number of likely N-dealkylation sites (N-methyl/N-ethyl adjacent to an activating group) is 1. The van der Waals surface area contributed by atoms with E-state index in [-0.39, 0.29) is 36.7 Å². The summed E-state index contributed by atoms with van der Waals surface area (Å²) in [5.41, 5.74) is 7.50. The Kier molecular flexibility index (Phi) is 7.06. The van der Waals surface area contributed by atoms with Crippen LogP contribution < -0.4 is 16.4 Å². The molecule has 0 fully saturated rings. The molecular weight excluding hydrogens is 316 g/mol. The van der Waals surface area contributed by atoms with Gasteiger partial charge >= 0.3 is 0 Å². The summed E-state index contributed by atoms with van der Waals surface area (Å²) < 4.78 is 0. The van der Waals surface area contributed by atoms with Crippen molar-refractivity contribution < 1.29 is 9.59 Å². The van der Waals surface area contributed by atoms with E-state index in [1.165, 1.54) is 0 Å². The number of carbonyl (C=O) groups excluding carboxylic acids is 2. The van der Waals surface area contributed by atoms with E-state index in [1.807, 2.05) is 30.5 Å². The maximum Gasteiger partial charge on any atom is 0.242 e. The van der Waals surface area contributed by atoms with Crippen LogP contribution in [0.4, 0.5) is 0 Å². The van der Waals surface area contributed by atoms with E-state index < -0.39 is 6.04 Å². The number of rotatable bonds is 6. The van der Waals surface area contributed by atoms with Crippen molar-refractivity contribution in [2.75, 3.05) is 13.6 Å².